The maximum absolute atomic E-state index is 5.07. The van der Waals surface area contributed by atoms with Crippen LogP contribution in [0.2, 0.25) is 0 Å². The van der Waals surface area contributed by atoms with Gasteiger partial charge in [0.25, 0.3) is 6.01 Å². The number of hydrogen-bond acceptors (Lipinski definition) is 4. The van der Waals surface area contributed by atoms with Crippen LogP contribution in [0.1, 0.15) is 5.56 Å². The van der Waals surface area contributed by atoms with E-state index in [4.69, 9.17) is 9.15 Å². The van der Waals surface area contributed by atoms with Crippen LogP contribution in [-0.2, 0) is 6.54 Å². The van der Waals surface area contributed by atoms with Crippen molar-refractivity contribution in [1.29, 1.82) is 0 Å². The smallest absolute Gasteiger partial charge is 0.294 e. The second kappa shape index (κ2) is 4.50. The zero-order valence-electron chi connectivity index (χ0n) is 8.43. The Bertz CT molecular complexity index is 395. The van der Waals surface area contributed by atoms with Crippen LogP contribution in [0.15, 0.2) is 41.1 Å². The number of ether oxygens (including phenoxy) is 1. The summed E-state index contributed by atoms with van der Waals surface area (Å²) in [6.07, 6.45) is 3.15. The molecule has 0 saturated heterocycles. The van der Waals surface area contributed by atoms with E-state index < -0.39 is 0 Å². The zero-order valence-corrected chi connectivity index (χ0v) is 8.43. The van der Waals surface area contributed by atoms with Gasteiger partial charge in [0.05, 0.1) is 13.3 Å². The van der Waals surface area contributed by atoms with E-state index in [2.05, 4.69) is 10.3 Å². The maximum Gasteiger partial charge on any atom is 0.294 e. The molecule has 0 radical (unpaired) electrons. The molecule has 2 aromatic rings. The van der Waals surface area contributed by atoms with E-state index in [1.165, 1.54) is 6.26 Å². The van der Waals surface area contributed by atoms with Gasteiger partial charge in [-0.25, -0.2) is 4.98 Å². The summed E-state index contributed by atoms with van der Waals surface area (Å²) in [6, 6.07) is 8.37. The molecule has 1 N–H and O–H groups in total. The molecule has 0 bridgehead atoms. The Morgan fingerprint density at radius 2 is 2.13 bits per heavy atom. The molecule has 1 heterocycles. The van der Waals surface area contributed by atoms with Gasteiger partial charge in [-0.1, -0.05) is 12.1 Å². The normalized spacial score (nSPS) is 9.93. The highest BCUT2D eigenvalue weighted by Crippen LogP contribution is 2.12. The molecule has 4 heteroatoms. The Labute approximate surface area is 87.9 Å². The number of methoxy groups -OCH3 is 1. The first kappa shape index (κ1) is 9.58. The Hall–Kier alpha value is -1.97. The molecule has 0 aliphatic rings. The number of nitrogens with one attached hydrogen (secondary N) is 1. The topological polar surface area (TPSA) is 47.3 Å². The molecule has 0 unspecified atom stereocenters. The molecule has 78 valence electrons. The summed E-state index contributed by atoms with van der Waals surface area (Å²) < 4.78 is 10.1. The lowest BCUT2D eigenvalue weighted by Crippen LogP contribution is -1.99. The second-order valence-electron chi connectivity index (χ2n) is 3.04. The Kier molecular flexibility index (Phi) is 2.88. The summed E-state index contributed by atoms with van der Waals surface area (Å²) >= 11 is 0. The first-order valence-electron chi connectivity index (χ1n) is 4.65. The minimum atomic E-state index is 0.533. The number of oxazole rings is 1. The number of nitrogens with zero attached hydrogens (tertiary/aromatic N) is 1. The van der Waals surface area contributed by atoms with Gasteiger partial charge in [0.2, 0.25) is 0 Å². The van der Waals surface area contributed by atoms with Gasteiger partial charge in [0, 0.05) is 6.54 Å². The first-order valence-corrected chi connectivity index (χ1v) is 4.65. The lowest BCUT2D eigenvalue weighted by molar-refractivity contribution is 0.414. The fourth-order valence-corrected chi connectivity index (χ4v) is 1.23. The predicted molar refractivity (Wildman–Crippen MR) is 56.8 cm³/mol. The summed E-state index contributed by atoms with van der Waals surface area (Å²) in [4.78, 5) is 3.96. The lowest BCUT2D eigenvalue weighted by atomic mass is 10.2. The molecule has 0 spiro atoms. The third-order valence-electron chi connectivity index (χ3n) is 2.04. The van der Waals surface area contributed by atoms with E-state index in [9.17, 15) is 0 Å². The van der Waals surface area contributed by atoms with Gasteiger partial charge in [-0.05, 0) is 17.7 Å². The second-order valence-corrected chi connectivity index (χ2v) is 3.04. The summed E-state index contributed by atoms with van der Waals surface area (Å²) in [6.45, 7) is 0.685. The average Bonchev–Trinajstić information content (AvgIpc) is 2.80. The van der Waals surface area contributed by atoms with Crippen molar-refractivity contribution in [2.45, 2.75) is 6.54 Å². The standard InChI is InChI=1S/C11H12N2O2/c1-14-10-4-2-9(3-5-10)8-13-11-12-6-7-15-11/h2-7H,8H2,1H3,(H,12,13). The molecule has 0 aliphatic carbocycles. The van der Waals surface area contributed by atoms with Gasteiger partial charge in [-0.15, -0.1) is 0 Å². The zero-order chi connectivity index (χ0) is 10.5. The van der Waals surface area contributed by atoms with E-state index >= 15 is 0 Å². The SMILES string of the molecule is COc1ccc(CNc2ncco2)cc1. The van der Waals surface area contributed by atoms with E-state index in [0.717, 1.165) is 11.3 Å². The highest BCUT2D eigenvalue weighted by Gasteiger charge is 1.97. The summed E-state index contributed by atoms with van der Waals surface area (Å²) in [5, 5.41) is 3.06. The van der Waals surface area contributed by atoms with E-state index in [0.29, 0.717) is 12.6 Å². The Morgan fingerprint density at radius 3 is 2.73 bits per heavy atom. The van der Waals surface area contributed by atoms with Gasteiger partial charge < -0.3 is 14.5 Å². The van der Waals surface area contributed by atoms with Crippen LogP contribution >= 0.6 is 0 Å². The molecule has 0 atom stereocenters. The van der Waals surface area contributed by atoms with Gasteiger partial charge >= 0.3 is 0 Å². The number of benzene rings is 1. The van der Waals surface area contributed by atoms with Crippen molar-refractivity contribution >= 4 is 6.01 Å². The molecule has 0 aliphatic heterocycles. The largest absolute Gasteiger partial charge is 0.497 e. The molecule has 1 aromatic carbocycles. The minimum Gasteiger partial charge on any atom is -0.497 e. The van der Waals surface area contributed by atoms with Gasteiger partial charge in [-0.3, -0.25) is 0 Å². The Morgan fingerprint density at radius 1 is 1.33 bits per heavy atom. The van der Waals surface area contributed by atoms with Crippen molar-refractivity contribution in [3.05, 3.63) is 42.3 Å². The van der Waals surface area contributed by atoms with Crippen LogP contribution in [0.5, 0.6) is 5.75 Å². The summed E-state index contributed by atoms with van der Waals surface area (Å²) in [5.41, 5.74) is 1.15. The van der Waals surface area contributed by atoms with Crippen LogP contribution in [0.4, 0.5) is 6.01 Å². The average molecular weight is 204 g/mol. The quantitative estimate of drug-likeness (QED) is 0.830. The van der Waals surface area contributed by atoms with E-state index in [1.807, 2.05) is 24.3 Å². The fourth-order valence-electron chi connectivity index (χ4n) is 1.23. The van der Waals surface area contributed by atoms with Crippen molar-refractivity contribution < 1.29 is 9.15 Å². The number of rotatable bonds is 4. The van der Waals surface area contributed by atoms with E-state index in [-0.39, 0.29) is 0 Å². The van der Waals surface area contributed by atoms with Crippen molar-refractivity contribution in [2.75, 3.05) is 12.4 Å². The first-order chi connectivity index (χ1) is 7.38. The number of anilines is 1. The van der Waals surface area contributed by atoms with Gasteiger partial charge in [0.15, 0.2) is 0 Å². The minimum absolute atomic E-state index is 0.533. The van der Waals surface area contributed by atoms with Gasteiger partial charge in [0.1, 0.15) is 12.0 Å². The van der Waals surface area contributed by atoms with Crippen molar-refractivity contribution in [1.82, 2.24) is 4.98 Å². The predicted octanol–water partition coefficient (Wildman–Crippen LogP) is 2.30. The van der Waals surface area contributed by atoms with Crippen LogP contribution < -0.4 is 10.1 Å². The highest BCUT2D eigenvalue weighted by atomic mass is 16.5. The fraction of sp³-hybridized carbons (Fsp3) is 0.182. The van der Waals surface area contributed by atoms with Gasteiger partial charge in [-0.2, -0.15) is 0 Å². The number of aromatic nitrogens is 1. The van der Waals surface area contributed by atoms with Crippen molar-refractivity contribution in [3.8, 4) is 5.75 Å². The summed E-state index contributed by atoms with van der Waals surface area (Å²) in [5.74, 6) is 0.856. The molecular weight excluding hydrogens is 192 g/mol. The number of hydrogen-bond donors (Lipinski definition) is 1. The third kappa shape index (κ3) is 2.49. The highest BCUT2D eigenvalue weighted by molar-refractivity contribution is 5.29. The molecule has 1 aromatic heterocycles. The molecule has 2 rings (SSSR count). The molecule has 0 fully saturated rings. The van der Waals surface area contributed by atoms with E-state index in [1.54, 1.807) is 13.3 Å². The van der Waals surface area contributed by atoms with Crippen LogP contribution in [-0.4, -0.2) is 12.1 Å². The monoisotopic (exact) mass is 204 g/mol. The molecule has 0 amide bonds. The summed E-state index contributed by atoms with van der Waals surface area (Å²) in [7, 11) is 1.65. The molecule has 4 nitrogen and oxygen atoms in total. The molecule has 0 saturated carbocycles. The molecule has 15 heavy (non-hydrogen) atoms. The lowest BCUT2D eigenvalue weighted by Gasteiger charge is -2.03. The van der Waals surface area contributed by atoms with Crippen LogP contribution in [0.25, 0.3) is 0 Å². The van der Waals surface area contributed by atoms with Crippen molar-refractivity contribution in [2.24, 2.45) is 0 Å². The van der Waals surface area contributed by atoms with Crippen LogP contribution in [0, 0.1) is 0 Å². The van der Waals surface area contributed by atoms with Crippen LogP contribution in [0.3, 0.4) is 0 Å². The third-order valence-corrected chi connectivity index (χ3v) is 2.04. The van der Waals surface area contributed by atoms with Crippen molar-refractivity contribution in [3.63, 3.8) is 0 Å². The Balaban J connectivity index is 1.93. The molecular formula is C11H12N2O2. The maximum atomic E-state index is 5.07.